The Kier molecular flexibility index (Phi) is 4.48. The SMILES string of the molecule is CC1(CN)CCN(CCSc2ccccc2)C1. The van der Waals surface area contributed by atoms with E-state index in [2.05, 4.69) is 42.2 Å². The molecule has 1 aromatic carbocycles. The second kappa shape index (κ2) is 5.89. The van der Waals surface area contributed by atoms with E-state index in [-0.39, 0.29) is 0 Å². The van der Waals surface area contributed by atoms with Gasteiger partial charge in [-0.15, -0.1) is 11.8 Å². The summed E-state index contributed by atoms with van der Waals surface area (Å²) in [5.74, 6) is 1.17. The van der Waals surface area contributed by atoms with Crippen LogP contribution >= 0.6 is 11.8 Å². The number of hydrogen-bond donors (Lipinski definition) is 1. The quantitative estimate of drug-likeness (QED) is 0.814. The lowest BCUT2D eigenvalue weighted by atomic mass is 9.90. The van der Waals surface area contributed by atoms with Crippen LogP contribution in [0.5, 0.6) is 0 Å². The van der Waals surface area contributed by atoms with Crippen LogP contribution in [-0.2, 0) is 0 Å². The van der Waals surface area contributed by atoms with Gasteiger partial charge >= 0.3 is 0 Å². The van der Waals surface area contributed by atoms with Crippen molar-refractivity contribution in [2.24, 2.45) is 11.1 Å². The van der Waals surface area contributed by atoms with Gasteiger partial charge in [-0.2, -0.15) is 0 Å². The van der Waals surface area contributed by atoms with Crippen LogP contribution in [0.3, 0.4) is 0 Å². The average molecular weight is 250 g/mol. The molecule has 0 aromatic heterocycles. The van der Waals surface area contributed by atoms with Crippen LogP contribution in [-0.4, -0.2) is 36.8 Å². The fourth-order valence-corrected chi connectivity index (χ4v) is 3.23. The third-order valence-electron chi connectivity index (χ3n) is 3.55. The first-order chi connectivity index (χ1) is 8.22. The Morgan fingerprint density at radius 2 is 2.12 bits per heavy atom. The summed E-state index contributed by atoms with van der Waals surface area (Å²) < 4.78 is 0. The Morgan fingerprint density at radius 3 is 2.76 bits per heavy atom. The number of nitrogens with two attached hydrogens (primary N) is 1. The molecule has 1 aliphatic rings. The molecule has 17 heavy (non-hydrogen) atoms. The molecule has 0 saturated carbocycles. The van der Waals surface area contributed by atoms with E-state index in [0.29, 0.717) is 5.41 Å². The van der Waals surface area contributed by atoms with Crippen LogP contribution in [0.1, 0.15) is 13.3 Å². The van der Waals surface area contributed by atoms with E-state index >= 15 is 0 Å². The highest BCUT2D eigenvalue weighted by atomic mass is 32.2. The van der Waals surface area contributed by atoms with Crippen molar-refractivity contribution in [3.05, 3.63) is 30.3 Å². The predicted octanol–water partition coefficient (Wildman–Crippen LogP) is 2.45. The van der Waals surface area contributed by atoms with Crippen molar-refractivity contribution in [2.75, 3.05) is 31.9 Å². The first-order valence-corrected chi connectivity index (χ1v) is 7.31. The van der Waals surface area contributed by atoms with Crippen LogP contribution in [0.15, 0.2) is 35.2 Å². The zero-order valence-electron chi connectivity index (χ0n) is 10.6. The fraction of sp³-hybridized carbons (Fsp3) is 0.571. The Morgan fingerprint density at radius 1 is 1.35 bits per heavy atom. The molecular weight excluding hydrogens is 228 g/mol. The van der Waals surface area contributed by atoms with E-state index in [1.165, 1.54) is 36.7 Å². The molecule has 2 nitrogen and oxygen atoms in total. The summed E-state index contributed by atoms with van der Waals surface area (Å²) in [5, 5.41) is 0. The van der Waals surface area contributed by atoms with Gasteiger partial charge in [0.25, 0.3) is 0 Å². The van der Waals surface area contributed by atoms with Crippen molar-refractivity contribution in [2.45, 2.75) is 18.2 Å². The molecule has 1 aliphatic heterocycles. The molecule has 3 heteroatoms. The van der Waals surface area contributed by atoms with Crippen molar-refractivity contribution in [1.82, 2.24) is 4.90 Å². The number of likely N-dealkylation sites (tertiary alicyclic amines) is 1. The van der Waals surface area contributed by atoms with Gasteiger partial charge in [-0.3, -0.25) is 0 Å². The number of benzene rings is 1. The van der Waals surface area contributed by atoms with Gasteiger partial charge < -0.3 is 10.6 Å². The Balaban J connectivity index is 1.70. The van der Waals surface area contributed by atoms with Crippen molar-refractivity contribution in [3.8, 4) is 0 Å². The average Bonchev–Trinajstić information content (AvgIpc) is 2.74. The van der Waals surface area contributed by atoms with Crippen LogP contribution in [0.4, 0.5) is 0 Å². The molecule has 2 rings (SSSR count). The fourth-order valence-electron chi connectivity index (χ4n) is 2.29. The summed E-state index contributed by atoms with van der Waals surface area (Å²) in [6.07, 6.45) is 1.25. The monoisotopic (exact) mass is 250 g/mol. The molecular formula is C14H22N2S. The summed E-state index contributed by atoms with van der Waals surface area (Å²) in [5.41, 5.74) is 6.18. The third kappa shape index (κ3) is 3.73. The number of thioether (sulfide) groups is 1. The van der Waals surface area contributed by atoms with Gasteiger partial charge in [-0.1, -0.05) is 25.1 Å². The number of hydrogen-bond acceptors (Lipinski definition) is 3. The molecule has 1 atom stereocenters. The van der Waals surface area contributed by atoms with E-state index in [1.54, 1.807) is 0 Å². The lowest BCUT2D eigenvalue weighted by Gasteiger charge is -2.22. The third-order valence-corrected chi connectivity index (χ3v) is 4.54. The molecule has 1 saturated heterocycles. The Hall–Kier alpha value is -0.510. The smallest absolute Gasteiger partial charge is 0.0108 e. The van der Waals surface area contributed by atoms with Crippen molar-refractivity contribution < 1.29 is 0 Å². The summed E-state index contributed by atoms with van der Waals surface area (Å²) in [6.45, 7) is 6.67. The van der Waals surface area contributed by atoms with E-state index in [4.69, 9.17) is 5.73 Å². The second-order valence-electron chi connectivity index (χ2n) is 5.20. The molecule has 0 radical (unpaired) electrons. The van der Waals surface area contributed by atoms with Crippen molar-refractivity contribution in [1.29, 1.82) is 0 Å². The zero-order chi connectivity index (χ0) is 12.1. The first kappa shape index (κ1) is 12.9. The summed E-state index contributed by atoms with van der Waals surface area (Å²) in [6, 6.07) is 10.6. The van der Waals surface area contributed by atoms with Crippen LogP contribution in [0.25, 0.3) is 0 Å². The predicted molar refractivity (Wildman–Crippen MR) is 75.4 cm³/mol. The lowest BCUT2D eigenvalue weighted by Crippen LogP contribution is -2.32. The first-order valence-electron chi connectivity index (χ1n) is 6.32. The van der Waals surface area contributed by atoms with Gasteiger partial charge in [-0.25, -0.2) is 0 Å². The van der Waals surface area contributed by atoms with E-state index in [1.807, 2.05) is 11.8 Å². The molecule has 1 unspecified atom stereocenters. The summed E-state index contributed by atoms with van der Waals surface area (Å²) in [4.78, 5) is 3.91. The number of nitrogens with zero attached hydrogens (tertiary/aromatic N) is 1. The maximum atomic E-state index is 5.82. The molecule has 2 N–H and O–H groups in total. The van der Waals surface area contributed by atoms with Crippen molar-refractivity contribution >= 4 is 11.8 Å². The molecule has 1 aromatic rings. The molecule has 1 heterocycles. The lowest BCUT2D eigenvalue weighted by molar-refractivity contribution is 0.293. The van der Waals surface area contributed by atoms with Crippen molar-refractivity contribution in [3.63, 3.8) is 0 Å². The Bertz CT molecular complexity index is 341. The molecule has 0 bridgehead atoms. The van der Waals surface area contributed by atoms with Crippen LogP contribution in [0, 0.1) is 5.41 Å². The highest BCUT2D eigenvalue weighted by Gasteiger charge is 2.31. The minimum absolute atomic E-state index is 0.359. The zero-order valence-corrected chi connectivity index (χ0v) is 11.4. The summed E-state index contributed by atoms with van der Waals surface area (Å²) in [7, 11) is 0. The summed E-state index contributed by atoms with van der Waals surface area (Å²) >= 11 is 1.94. The Labute approximate surface area is 109 Å². The van der Waals surface area contributed by atoms with Gasteiger partial charge in [0, 0.05) is 23.7 Å². The minimum Gasteiger partial charge on any atom is -0.330 e. The highest BCUT2D eigenvalue weighted by Crippen LogP contribution is 2.28. The normalized spacial score (nSPS) is 25.3. The standard InChI is InChI=1S/C14H22N2S/c1-14(11-15)7-8-16(12-14)9-10-17-13-5-3-2-4-6-13/h2-6H,7-12,15H2,1H3. The molecule has 1 fully saturated rings. The topological polar surface area (TPSA) is 29.3 Å². The minimum atomic E-state index is 0.359. The van der Waals surface area contributed by atoms with E-state index in [9.17, 15) is 0 Å². The van der Waals surface area contributed by atoms with Crippen LogP contribution < -0.4 is 5.73 Å². The largest absolute Gasteiger partial charge is 0.330 e. The molecule has 0 amide bonds. The molecule has 0 spiro atoms. The van der Waals surface area contributed by atoms with Gasteiger partial charge in [-0.05, 0) is 37.1 Å². The van der Waals surface area contributed by atoms with Crippen LogP contribution in [0.2, 0.25) is 0 Å². The van der Waals surface area contributed by atoms with E-state index < -0.39 is 0 Å². The molecule has 94 valence electrons. The van der Waals surface area contributed by atoms with Gasteiger partial charge in [0.15, 0.2) is 0 Å². The maximum absolute atomic E-state index is 5.82. The maximum Gasteiger partial charge on any atom is 0.0108 e. The van der Waals surface area contributed by atoms with Gasteiger partial charge in [0.2, 0.25) is 0 Å². The highest BCUT2D eigenvalue weighted by molar-refractivity contribution is 7.99. The van der Waals surface area contributed by atoms with Gasteiger partial charge in [0.1, 0.15) is 0 Å². The van der Waals surface area contributed by atoms with Gasteiger partial charge in [0.05, 0.1) is 0 Å². The number of rotatable bonds is 5. The second-order valence-corrected chi connectivity index (χ2v) is 6.37. The van der Waals surface area contributed by atoms with E-state index in [0.717, 1.165) is 6.54 Å². The molecule has 0 aliphatic carbocycles.